The van der Waals surface area contributed by atoms with Gasteiger partial charge in [0.25, 0.3) is 5.91 Å². The number of fused-ring (bicyclic) bond motifs is 1. The smallest absolute Gasteiger partial charge is 0.251 e. The van der Waals surface area contributed by atoms with Gasteiger partial charge in [-0.15, -0.1) is 0 Å². The minimum atomic E-state index is -1.09. The molecule has 3 N–H and O–H groups in total. The average Bonchev–Trinajstić information content (AvgIpc) is 3.10. The molecule has 1 aromatic rings. The topological polar surface area (TPSA) is 75.4 Å². The summed E-state index contributed by atoms with van der Waals surface area (Å²) in [6.45, 7) is 1.15. The van der Waals surface area contributed by atoms with E-state index in [1.165, 1.54) is 6.07 Å². The number of nitrogens with one attached hydrogen (secondary N) is 1. The maximum atomic E-state index is 13.1. The predicted molar refractivity (Wildman–Crippen MR) is 79.5 cm³/mol. The number of amides is 2. The average molecular weight is 323 g/mol. The maximum Gasteiger partial charge on any atom is 0.251 e. The lowest BCUT2D eigenvalue weighted by molar-refractivity contribution is -0.129. The zero-order valence-corrected chi connectivity index (χ0v) is 12.6. The number of halogens is 2. The van der Waals surface area contributed by atoms with E-state index in [1.807, 2.05) is 0 Å². The van der Waals surface area contributed by atoms with Crippen molar-refractivity contribution >= 4 is 11.8 Å². The summed E-state index contributed by atoms with van der Waals surface area (Å²) in [5.41, 5.74) is 6.02. The fraction of sp³-hybridized carbons (Fsp3) is 0.500. The van der Waals surface area contributed by atoms with Gasteiger partial charge in [0, 0.05) is 24.7 Å². The third-order valence-electron chi connectivity index (χ3n) is 4.85. The van der Waals surface area contributed by atoms with Crippen molar-refractivity contribution in [3.05, 3.63) is 35.4 Å². The molecule has 1 aliphatic heterocycles. The molecule has 5 nitrogen and oxygen atoms in total. The third-order valence-corrected chi connectivity index (χ3v) is 4.85. The van der Waals surface area contributed by atoms with Crippen molar-refractivity contribution in [2.45, 2.75) is 18.9 Å². The first-order valence-corrected chi connectivity index (χ1v) is 7.72. The molecule has 2 fully saturated rings. The molecule has 7 heteroatoms. The standard InChI is InChI=1S/C16H19F2N3O2/c17-12-3-1-9(5-13(12)18)16(23)20-6-15(22)21-7-10-2-4-14(19)11(10)8-21/h1,3,5,10-11,14H,2,4,6-8,19H2,(H,20,23). The molecule has 0 radical (unpaired) electrons. The molecule has 2 aliphatic rings. The Bertz CT molecular complexity index is 638. The SMILES string of the molecule is NC1CCC2CN(C(=O)CNC(=O)c3ccc(F)c(F)c3)CC12. The van der Waals surface area contributed by atoms with Crippen LogP contribution in [0.1, 0.15) is 23.2 Å². The first-order chi connectivity index (χ1) is 11.0. The van der Waals surface area contributed by atoms with Crippen molar-refractivity contribution in [1.29, 1.82) is 0 Å². The number of rotatable bonds is 3. The highest BCUT2D eigenvalue weighted by Gasteiger charge is 2.42. The fourth-order valence-corrected chi connectivity index (χ4v) is 3.52. The van der Waals surface area contributed by atoms with Crippen LogP contribution in [0.15, 0.2) is 18.2 Å². The Balaban J connectivity index is 1.53. The lowest BCUT2D eigenvalue weighted by Crippen LogP contribution is -2.40. The van der Waals surface area contributed by atoms with Crippen LogP contribution < -0.4 is 11.1 Å². The van der Waals surface area contributed by atoms with Crippen LogP contribution in [0.3, 0.4) is 0 Å². The van der Waals surface area contributed by atoms with Crippen molar-refractivity contribution < 1.29 is 18.4 Å². The van der Waals surface area contributed by atoms with Crippen molar-refractivity contribution in [1.82, 2.24) is 10.2 Å². The van der Waals surface area contributed by atoms with Gasteiger partial charge in [-0.25, -0.2) is 8.78 Å². The number of likely N-dealkylation sites (tertiary alicyclic amines) is 1. The van der Waals surface area contributed by atoms with Gasteiger partial charge in [0.2, 0.25) is 5.91 Å². The summed E-state index contributed by atoms with van der Waals surface area (Å²) in [5, 5.41) is 2.45. The van der Waals surface area contributed by atoms with Crippen LogP contribution in [0.4, 0.5) is 8.78 Å². The Kier molecular flexibility index (Phi) is 4.30. The van der Waals surface area contributed by atoms with Crippen LogP contribution in [0, 0.1) is 23.5 Å². The molecule has 0 aromatic heterocycles. The van der Waals surface area contributed by atoms with Gasteiger partial charge < -0.3 is 16.0 Å². The molecule has 3 atom stereocenters. The summed E-state index contributed by atoms with van der Waals surface area (Å²) < 4.78 is 26.0. The van der Waals surface area contributed by atoms with E-state index in [4.69, 9.17) is 5.73 Å². The van der Waals surface area contributed by atoms with Crippen molar-refractivity contribution in [2.75, 3.05) is 19.6 Å². The molecule has 124 valence electrons. The second-order valence-corrected chi connectivity index (χ2v) is 6.28. The Labute approximate surface area is 132 Å². The summed E-state index contributed by atoms with van der Waals surface area (Å²) in [4.78, 5) is 25.8. The molecule has 3 rings (SSSR count). The van der Waals surface area contributed by atoms with Gasteiger partial charge >= 0.3 is 0 Å². The lowest BCUT2D eigenvalue weighted by atomic mass is 9.98. The highest BCUT2D eigenvalue weighted by Crippen LogP contribution is 2.36. The number of nitrogens with zero attached hydrogens (tertiary/aromatic N) is 1. The normalized spacial score (nSPS) is 26.2. The Hall–Kier alpha value is -2.02. The van der Waals surface area contributed by atoms with E-state index < -0.39 is 17.5 Å². The molecule has 0 spiro atoms. The molecule has 1 saturated heterocycles. The quantitative estimate of drug-likeness (QED) is 0.867. The molecular weight excluding hydrogens is 304 g/mol. The van der Waals surface area contributed by atoms with Crippen LogP contribution in [0.5, 0.6) is 0 Å². The minimum absolute atomic E-state index is 0.0167. The van der Waals surface area contributed by atoms with Crippen molar-refractivity contribution in [3.63, 3.8) is 0 Å². The second-order valence-electron chi connectivity index (χ2n) is 6.28. The van der Waals surface area contributed by atoms with E-state index in [9.17, 15) is 18.4 Å². The van der Waals surface area contributed by atoms with E-state index in [1.54, 1.807) is 4.90 Å². The molecule has 1 saturated carbocycles. The van der Waals surface area contributed by atoms with Gasteiger partial charge in [-0.1, -0.05) is 0 Å². The van der Waals surface area contributed by atoms with Crippen LogP contribution in [0.2, 0.25) is 0 Å². The van der Waals surface area contributed by atoms with Gasteiger partial charge in [-0.05, 0) is 42.9 Å². The highest BCUT2D eigenvalue weighted by molar-refractivity contribution is 5.96. The molecule has 1 heterocycles. The second kappa shape index (κ2) is 6.23. The van der Waals surface area contributed by atoms with E-state index in [2.05, 4.69) is 5.32 Å². The Morgan fingerprint density at radius 1 is 1.22 bits per heavy atom. The van der Waals surface area contributed by atoms with Gasteiger partial charge in [-0.2, -0.15) is 0 Å². The number of benzene rings is 1. The summed E-state index contributed by atoms with van der Waals surface area (Å²) >= 11 is 0. The molecule has 3 unspecified atom stereocenters. The van der Waals surface area contributed by atoms with E-state index >= 15 is 0 Å². The van der Waals surface area contributed by atoms with E-state index in [0.717, 1.165) is 25.0 Å². The van der Waals surface area contributed by atoms with Gasteiger partial charge in [-0.3, -0.25) is 9.59 Å². The Morgan fingerprint density at radius 3 is 2.70 bits per heavy atom. The Morgan fingerprint density at radius 2 is 2.00 bits per heavy atom. The zero-order valence-electron chi connectivity index (χ0n) is 12.6. The van der Waals surface area contributed by atoms with Gasteiger partial charge in [0.05, 0.1) is 6.54 Å². The van der Waals surface area contributed by atoms with E-state index in [-0.39, 0.29) is 24.1 Å². The molecule has 23 heavy (non-hydrogen) atoms. The predicted octanol–water partition coefficient (Wildman–Crippen LogP) is 0.890. The van der Waals surface area contributed by atoms with Gasteiger partial charge in [0.15, 0.2) is 11.6 Å². The first-order valence-electron chi connectivity index (χ1n) is 7.72. The molecule has 2 amide bonds. The fourth-order valence-electron chi connectivity index (χ4n) is 3.52. The van der Waals surface area contributed by atoms with Gasteiger partial charge in [0.1, 0.15) is 0 Å². The maximum absolute atomic E-state index is 13.1. The molecule has 1 aliphatic carbocycles. The van der Waals surface area contributed by atoms with Crippen molar-refractivity contribution in [3.8, 4) is 0 Å². The van der Waals surface area contributed by atoms with Crippen LogP contribution in [-0.4, -0.2) is 42.4 Å². The number of carbonyl (C=O) groups is 2. The molecular formula is C16H19F2N3O2. The summed E-state index contributed by atoms with van der Waals surface area (Å²) in [6, 6.07) is 3.02. The summed E-state index contributed by atoms with van der Waals surface area (Å²) in [5.74, 6) is -2.09. The van der Waals surface area contributed by atoms with Crippen LogP contribution in [0.25, 0.3) is 0 Å². The van der Waals surface area contributed by atoms with Crippen molar-refractivity contribution in [2.24, 2.45) is 17.6 Å². The number of hydrogen-bond acceptors (Lipinski definition) is 3. The minimum Gasteiger partial charge on any atom is -0.343 e. The summed E-state index contributed by atoms with van der Waals surface area (Å²) in [7, 11) is 0. The van der Waals surface area contributed by atoms with E-state index in [0.29, 0.717) is 24.9 Å². The van der Waals surface area contributed by atoms with Crippen LogP contribution in [-0.2, 0) is 4.79 Å². The number of carbonyl (C=O) groups excluding carboxylic acids is 2. The highest BCUT2D eigenvalue weighted by atomic mass is 19.2. The first kappa shape index (κ1) is 15.9. The largest absolute Gasteiger partial charge is 0.343 e. The third kappa shape index (κ3) is 3.19. The molecule has 1 aromatic carbocycles. The number of hydrogen-bond donors (Lipinski definition) is 2. The lowest BCUT2D eigenvalue weighted by Gasteiger charge is -2.19. The molecule has 0 bridgehead atoms. The zero-order chi connectivity index (χ0) is 16.6. The summed E-state index contributed by atoms with van der Waals surface area (Å²) in [6.07, 6.45) is 2.04. The monoisotopic (exact) mass is 323 g/mol. The number of nitrogens with two attached hydrogens (primary N) is 1. The van der Waals surface area contributed by atoms with Crippen LogP contribution >= 0.6 is 0 Å².